The van der Waals surface area contributed by atoms with Crippen LogP contribution >= 0.6 is 0 Å². The maximum Gasteiger partial charge on any atom is 0.123 e. The molecule has 0 aliphatic carbocycles. The summed E-state index contributed by atoms with van der Waals surface area (Å²) in [6, 6.07) is 13.9. The normalized spacial score (nSPS) is 10.5. The molecular formula is C16H18O. The van der Waals surface area contributed by atoms with Crippen LogP contribution in [0.25, 0.3) is 11.1 Å². The van der Waals surface area contributed by atoms with E-state index in [1.54, 1.807) is 6.07 Å². The average Bonchev–Trinajstić information content (AvgIpc) is 2.38. The first-order valence-corrected chi connectivity index (χ1v) is 6.17. The third-order valence-electron chi connectivity index (χ3n) is 3.20. The topological polar surface area (TPSA) is 20.2 Å². The molecule has 1 heteroatoms. The van der Waals surface area contributed by atoms with Gasteiger partial charge in [-0.3, -0.25) is 0 Å². The number of phenols is 1. The summed E-state index contributed by atoms with van der Waals surface area (Å²) < 4.78 is 0. The second-order valence-electron chi connectivity index (χ2n) is 4.17. The smallest absolute Gasteiger partial charge is 0.123 e. The van der Waals surface area contributed by atoms with Crippen LogP contribution in [0.4, 0.5) is 0 Å². The fourth-order valence-electron chi connectivity index (χ4n) is 2.34. The molecule has 88 valence electrons. The van der Waals surface area contributed by atoms with E-state index in [2.05, 4.69) is 32.0 Å². The molecule has 0 aliphatic rings. The third kappa shape index (κ3) is 2.19. The molecule has 2 rings (SSSR count). The minimum atomic E-state index is 0.357. The first-order valence-electron chi connectivity index (χ1n) is 6.17. The van der Waals surface area contributed by atoms with Crippen molar-refractivity contribution in [2.45, 2.75) is 26.7 Å². The van der Waals surface area contributed by atoms with Gasteiger partial charge in [-0.05, 0) is 35.6 Å². The largest absolute Gasteiger partial charge is 0.507 e. The highest BCUT2D eigenvalue weighted by molar-refractivity contribution is 5.74. The molecule has 1 nitrogen and oxygen atoms in total. The number of rotatable bonds is 3. The lowest BCUT2D eigenvalue weighted by Crippen LogP contribution is -1.94. The number of benzene rings is 2. The number of para-hydroxylation sites is 1. The highest BCUT2D eigenvalue weighted by Crippen LogP contribution is 2.33. The highest BCUT2D eigenvalue weighted by Gasteiger charge is 2.10. The lowest BCUT2D eigenvalue weighted by atomic mass is 9.92. The first-order chi connectivity index (χ1) is 8.27. The van der Waals surface area contributed by atoms with E-state index in [9.17, 15) is 5.11 Å². The standard InChI is InChI=1S/C16H18O/c1-3-12-8-7-10-14(13(12)4-2)15-9-5-6-11-16(15)17/h5-11,17H,3-4H2,1-2H3. The van der Waals surface area contributed by atoms with Gasteiger partial charge >= 0.3 is 0 Å². The van der Waals surface area contributed by atoms with Crippen molar-refractivity contribution in [1.82, 2.24) is 0 Å². The zero-order chi connectivity index (χ0) is 12.3. The Bertz CT molecular complexity index is 515. The van der Waals surface area contributed by atoms with Gasteiger partial charge in [0.15, 0.2) is 0 Å². The molecule has 2 aromatic rings. The lowest BCUT2D eigenvalue weighted by molar-refractivity contribution is 0.477. The molecule has 0 aliphatic heterocycles. The Labute approximate surface area is 103 Å². The van der Waals surface area contributed by atoms with Gasteiger partial charge in [-0.15, -0.1) is 0 Å². The molecule has 0 unspecified atom stereocenters. The van der Waals surface area contributed by atoms with Crippen molar-refractivity contribution in [2.24, 2.45) is 0 Å². The van der Waals surface area contributed by atoms with Crippen molar-refractivity contribution in [3.8, 4) is 16.9 Å². The second-order valence-corrected chi connectivity index (χ2v) is 4.17. The van der Waals surface area contributed by atoms with Crippen LogP contribution in [0.3, 0.4) is 0 Å². The van der Waals surface area contributed by atoms with Gasteiger partial charge in [0.05, 0.1) is 0 Å². The Morgan fingerprint density at radius 2 is 1.53 bits per heavy atom. The molecule has 0 saturated heterocycles. The van der Waals surface area contributed by atoms with Gasteiger partial charge in [-0.2, -0.15) is 0 Å². The molecule has 0 saturated carbocycles. The molecule has 17 heavy (non-hydrogen) atoms. The SMILES string of the molecule is CCc1cccc(-c2ccccc2O)c1CC. The maximum absolute atomic E-state index is 9.95. The van der Waals surface area contributed by atoms with Gasteiger partial charge in [0, 0.05) is 5.56 Å². The Kier molecular flexibility index (Phi) is 3.48. The van der Waals surface area contributed by atoms with E-state index in [-0.39, 0.29) is 0 Å². The van der Waals surface area contributed by atoms with Crippen molar-refractivity contribution in [3.05, 3.63) is 53.6 Å². The van der Waals surface area contributed by atoms with Gasteiger partial charge in [0.1, 0.15) is 5.75 Å². The van der Waals surface area contributed by atoms with Gasteiger partial charge in [0.2, 0.25) is 0 Å². The van der Waals surface area contributed by atoms with E-state index in [0.29, 0.717) is 5.75 Å². The molecule has 0 amide bonds. The Hall–Kier alpha value is -1.76. The molecule has 2 aromatic carbocycles. The molecule has 0 radical (unpaired) electrons. The Morgan fingerprint density at radius 1 is 0.824 bits per heavy atom. The first kappa shape index (κ1) is 11.7. The van der Waals surface area contributed by atoms with Crippen LogP contribution in [0, 0.1) is 0 Å². The van der Waals surface area contributed by atoms with Crippen LogP contribution < -0.4 is 0 Å². The summed E-state index contributed by atoms with van der Waals surface area (Å²) in [5.41, 5.74) is 4.80. The molecule has 0 fully saturated rings. The predicted molar refractivity (Wildman–Crippen MR) is 72.3 cm³/mol. The molecular weight excluding hydrogens is 208 g/mol. The second kappa shape index (κ2) is 5.05. The summed E-state index contributed by atoms with van der Waals surface area (Å²) in [6.07, 6.45) is 2.03. The fourth-order valence-corrected chi connectivity index (χ4v) is 2.34. The van der Waals surface area contributed by atoms with Crippen molar-refractivity contribution in [2.75, 3.05) is 0 Å². The lowest BCUT2D eigenvalue weighted by Gasteiger charge is -2.13. The Morgan fingerprint density at radius 3 is 2.18 bits per heavy atom. The average molecular weight is 226 g/mol. The summed E-state index contributed by atoms with van der Waals surface area (Å²) in [5.74, 6) is 0.357. The van der Waals surface area contributed by atoms with E-state index >= 15 is 0 Å². The maximum atomic E-state index is 9.95. The number of hydrogen-bond donors (Lipinski definition) is 1. The molecule has 0 atom stereocenters. The van der Waals surface area contributed by atoms with Crippen LogP contribution in [0.15, 0.2) is 42.5 Å². The van der Waals surface area contributed by atoms with E-state index in [1.165, 1.54) is 11.1 Å². The minimum Gasteiger partial charge on any atom is -0.507 e. The number of aryl methyl sites for hydroxylation is 1. The summed E-state index contributed by atoms with van der Waals surface area (Å²) in [7, 11) is 0. The fraction of sp³-hybridized carbons (Fsp3) is 0.250. The van der Waals surface area contributed by atoms with E-state index in [4.69, 9.17) is 0 Å². The van der Waals surface area contributed by atoms with Gasteiger partial charge in [0.25, 0.3) is 0 Å². The Balaban J connectivity index is 2.63. The highest BCUT2D eigenvalue weighted by atomic mass is 16.3. The van der Waals surface area contributed by atoms with Crippen molar-refractivity contribution in [3.63, 3.8) is 0 Å². The summed E-state index contributed by atoms with van der Waals surface area (Å²) in [4.78, 5) is 0. The molecule has 0 aromatic heterocycles. The van der Waals surface area contributed by atoms with E-state index in [0.717, 1.165) is 24.0 Å². The van der Waals surface area contributed by atoms with Crippen LogP contribution in [-0.2, 0) is 12.8 Å². The van der Waals surface area contributed by atoms with Crippen molar-refractivity contribution in [1.29, 1.82) is 0 Å². The van der Waals surface area contributed by atoms with Gasteiger partial charge in [-0.1, -0.05) is 50.2 Å². The van der Waals surface area contributed by atoms with Gasteiger partial charge < -0.3 is 5.11 Å². The molecule has 1 N–H and O–H groups in total. The third-order valence-corrected chi connectivity index (χ3v) is 3.20. The zero-order valence-corrected chi connectivity index (χ0v) is 10.4. The van der Waals surface area contributed by atoms with Crippen molar-refractivity contribution >= 4 is 0 Å². The number of hydrogen-bond acceptors (Lipinski definition) is 1. The summed E-state index contributed by atoms with van der Waals surface area (Å²) in [5, 5.41) is 9.95. The number of phenolic OH excluding ortho intramolecular Hbond substituents is 1. The summed E-state index contributed by atoms with van der Waals surface area (Å²) >= 11 is 0. The van der Waals surface area contributed by atoms with Crippen LogP contribution in [0.5, 0.6) is 5.75 Å². The summed E-state index contributed by atoms with van der Waals surface area (Å²) in [6.45, 7) is 4.33. The van der Waals surface area contributed by atoms with E-state index in [1.807, 2.05) is 18.2 Å². The predicted octanol–water partition coefficient (Wildman–Crippen LogP) is 4.18. The minimum absolute atomic E-state index is 0.357. The molecule has 0 bridgehead atoms. The van der Waals surface area contributed by atoms with Crippen LogP contribution in [0.1, 0.15) is 25.0 Å². The molecule has 0 heterocycles. The van der Waals surface area contributed by atoms with E-state index < -0.39 is 0 Å². The van der Waals surface area contributed by atoms with Crippen LogP contribution in [0.2, 0.25) is 0 Å². The quantitative estimate of drug-likeness (QED) is 0.832. The molecule has 0 spiro atoms. The van der Waals surface area contributed by atoms with Crippen molar-refractivity contribution < 1.29 is 5.11 Å². The van der Waals surface area contributed by atoms with Gasteiger partial charge in [-0.25, -0.2) is 0 Å². The zero-order valence-electron chi connectivity index (χ0n) is 10.4. The monoisotopic (exact) mass is 226 g/mol. The number of aromatic hydroxyl groups is 1. The van der Waals surface area contributed by atoms with Crippen LogP contribution in [-0.4, -0.2) is 5.11 Å².